The maximum atomic E-state index is 8.46. The van der Waals surface area contributed by atoms with Crippen LogP contribution in [-0.2, 0) is 11.3 Å². The molecule has 0 aliphatic carbocycles. The number of aliphatic hydroxyl groups is 1. The van der Waals surface area contributed by atoms with Crippen LogP contribution in [0.5, 0.6) is 0 Å². The molecule has 1 aromatic rings. The van der Waals surface area contributed by atoms with E-state index < -0.39 is 0 Å². The molecule has 2 N–H and O–H groups in total. The molecule has 86 valence electrons. The number of nitrogens with zero attached hydrogens (tertiary/aromatic N) is 2. The van der Waals surface area contributed by atoms with Gasteiger partial charge in [-0.3, -0.25) is 0 Å². The van der Waals surface area contributed by atoms with Crippen molar-refractivity contribution < 1.29 is 14.5 Å². The first kappa shape index (κ1) is 12.1. The van der Waals surface area contributed by atoms with Gasteiger partial charge in [0.1, 0.15) is 11.4 Å². The fraction of sp³-hybridized carbons (Fsp3) is 0.778. The van der Waals surface area contributed by atoms with Crippen LogP contribution in [0.15, 0.2) is 4.63 Å². The van der Waals surface area contributed by atoms with E-state index in [1.165, 1.54) is 0 Å². The van der Waals surface area contributed by atoms with Crippen LogP contribution >= 0.6 is 0 Å². The minimum absolute atomic E-state index is 0.0806. The third-order valence-corrected chi connectivity index (χ3v) is 1.92. The van der Waals surface area contributed by atoms with Gasteiger partial charge in [0, 0.05) is 13.2 Å². The summed E-state index contributed by atoms with van der Waals surface area (Å²) in [4.78, 5) is 0. The van der Waals surface area contributed by atoms with Crippen LogP contribution in [0.2, 0.25) is 0 Å². The van der Waals surface area contributed by atoms with E-state index in [1.807, 2.05) is 6.92 Å². The molecular formula is C9H17N3O3. The van der Waals surface area contributed by atoms with Crippen molar-refractivity contribution >= 4 is 0 Å². The summed E-state index contributed by atoms with van der Waals surface area (Å²) in [6.07, 6.45) is 0.907. The van der Waals surface area contributed by atoms with E-state index in [0.717, 1.165) is 24.4 Å². The summed E-state index contributed by atoms with van der Waals surface area (Å²) in [5, 5.41) is 19.1. The lowest BCUT2D eigenvalue weighted by molar-refractivity contribution is 0.0907. The van der Waals surface area contributed by atoms with E-state index in [-0.39, 0.29) is 6.61 Å². The Morgan fingerprint density at radius 1 is 1.40 bits per heavy atom. The fourth-order valence-corrected chi connectivity index (χ4v) is 1.08. The van der Waals surface area contributed by atoms with Gasteiger partial charge in [0.2, 0.25) is 0 Å². The molecule has 0 aromatic carbocycles. The van der Waals surface area contributed by atoms with Crippen LogP contribution in [0.25, 0.3) is 0 Å². The summed E-state index contributed by atoms with van der Waals surface area (Å²) in [6, 6.07) is 0. The molecule has 0 amide bonds. The van der Waals surface area contributed by atoms with E-state index >= 15 is 0 Å². The molecule has 0 spiro atoms. The molecule has 1 rings (SSSR count). The largest absolute Gasteiger partial charge is 0.394 e. The zero-order chi connectivity index (χ0) is 10.9. The lowest BCUT2D eigenvalue weighted by Gasteiger charge is -2.03. The van der Waals surface area contributed by atoms with Gasteiger partial charge in [-0.2, -0.15) is 0 Å². The number of rotatable bonds is 8. The number of aliphatic hydroxyl groups excluding tert-OH is 1. The normalized spacial score (nSPS) is 10.8. The summed E-state index contributed by atoms with van der Waals surface area (Å²) in [6.45, 7) is 4.51. The predicted molar refractivity (Wildman–Crippen MR) is 53.3 cm³/mol. The van der Waals surface area contributed by atoms with Crippen molar-refractivity contribution in [2.45, 2.75) is 19.9 Å². The van der Waals surface area contributed by atoms with Gasteiger partial charge >= 0.3 is 0 Å². The second kappa shape index (κ2) is 7.33. The van der Waals surface area contributed by atoms with Crippen LogP contribution in [-0.4, -0.2) is 41.8 Å². The number of aryl methyl sites for hydroxylation is 1. The van der Waals surface area contributed by atoms with Gasteiger partial charge < -0.3 is 15.2 Å². The van der Waals surface area contributed by atoms with E-state index in [0.29, 0.717) is 19.8 Å². The molecule has 0 fully saturated rings. The zero-order valence-corrected chi connectivity index (χ0v) is 8.90. The molecule has 6 heteroatoms. The first-order chi connectivity index (χ1) is 7.34. The smallest absolute Gasteiger partial charge is 0.121 e. The highest BCUT2D eigenvalue weighted by Gasteiger charge is 2.02. The van der Waals surface area contributed by atoms with E-state index in [1.54, 1.807) is 0 Å². The van der Waals surface area contributed by atoms with Crippen molar-refractivity contribution in [3.63, 3.8) is 0 Å². The highest BCUT2D eigenvalue weighted by molar-refractivity contribution is 5.03. The van der Waals surface area contributed by atoms with Crippen molar-refractivity contribution in [1.29, 1.82) is 0 Å². The van der Waals surface area contributed by atoms with E-state index in [4.69, 9.17) is 9.84 Å². The molecule has 0 unspecified atom stereocenters. The summed E-state index contributed by atoms with van der Waals surface area (Å²) in [5.41, 5.74) is 1.66. The Morgan fingerprint density at radius 3 is 2.93 bits per heavy atom. The number of aromatic nitrogens is 2. The Balaban J connectivity index is 1.96. The Hall–Kier alpha value is -0.980. The maximum absolute atomic E-state index is 8.46. The molecular weight excluding hydrogens is 198 g/mol. The third kappa shape index (κ3) is 4.87. The van der Waals surface area contributed by atoms with Crippen molar-refractivity contribution in [2.24, 2.45) is 0 Å². The molecule has 0 aliphatic rings. The minimum atomic E-state index is 0.0806. The van der Waals surface area contributed by atoms with Crippen LogP contribution in [0, 0.1) is 6.92 Å². The van der Waals surface area contributed by atoms with Crippen molar-refractivity contribution in [1.82, 2.24) is 15.6 Å². The van der Waals surface area contributed by atoms with Gasteiger partial charge in [-0.1, -0.05) is 10.3 Å². The number of ether oxygens (including phenoxy) is 1. The molecule has 0 saturated heterocycles. The Labute approximate surface area is 88.6 Å². The molecule has 0 bridgehead atoms. The van der Waals surface area contributed by atoms with Gasteiger partial charge in [-0.25, -0.2) is 4.63 Å². The van der Waals surface area contributed by atoms with Gasteiger partial charge in [0.15, 0.2) is 0 Å². The van der Waals surface area contributed by atoms with E-state index in [9.17, 15) is 0 Å². The molecule has 1 aromatic heterocycles. The SMILES string of the molecule is Cc1nonc1CNCCCOCCO. The first-order valence-electron chi connectivity index (χ1n) is 5.02. The lowest BCUT2D eigenvalue weighted by Crippen LogP contribution is -2.17. The number of nitrogens with one attached hydrogen (secondary N) is 1. The maximum Gasteiger partial charge on any atom is 0.121 e. The monoisotopic (exact) mass is 215 g/mol. The van der Waals surface area contributed by atoms with Crippen molar-refractivity contribution in [3.8, 4) is 0 Å². The fourth-order valence-electron chi connectivity index (χ4n) is 1.08. The van der Waals surface area contributed by atoms with Crippen molar-refractivity contribution in [3.05, 3.63) is 11.4 Å². The highest BCUT2D eigenvalue weighted by atomic mass is 16.6. The third-order valence-electron chi connectivity index (χ3n) is 1.92. The standard InChI is InChI=1S/C9H17N3O3/c1-8-9(12-15-11-8)7-10-3-2-5-14-6-4-13/h10,13H,2-7H2,1H3. The quantitative estimate of drug-likeness (QED) is 0.588. The molecule has 15 heavy (non-hydrogen) atoms. The van der Waals surface area contributed by atoms with Gasteiger partial charge in [0.25, 0.3) is 0 Å². The summed E-state index contributed by atoms with van der Waals surface area (Å²) in [7, 11) is 0. The second-order valence-electron chi connectivity index (χ2n) is 3.16. The van der Waals surface area contributed by atoms with Crippen LogP contribution < -0.4 is 5.32 Å². The molecule has 0 aliphatic heterocycles. The summed E-state index contributed by atoms with van der Waals surface area (Å²) >= 11 is 0. The molecule has 6 nitrogen and oxygen atoms in total. The molecule has 0 atom stereocenters. The van der Waals surface area contributed by atoms with Gasteiger partial charge in [0.05, 0.1) is 13.2 Å². The van der Waals surface area contributed by atoms with E-state index in [2.05, 4.69) is 20.3 Å². The van der Waals surface area contributed by atoms with Crippen LogP contribution in [0.4, 0.5) is 0 Å². The number of hydrogen-bond acceptors (Lipinski definition) is 6. The topological polar surface area (TPSA) is 80.4 Å². The Kier molecular flexibility index (Phi) is 5.91. The number of hydrogen-bond donors (Lipinski definition) is 2. The Bertz CT molecular complexity index is 265. The zero-order valence-electron chi connectivity index (χ0n) is 8.90. The molecule has 0 saturated carbocycles. The average Bonchev–Trinajstić information content (AvgIpc) is 2.63. The van der Waals surface area contributed by atoms with Crippen LogP contribution in [0.3, 0.4) is 0 Å². The minimum Gasteiger partial charge on any atom is -0.394 e. The lowest BCUT2D eigenvalue weighted by atomic mass is 10.3. The summed E-state index contributed by atoms with van der Waals surface area (Å²) < 4.78 is 9.67. The van der Waals surface area contributed by atoms with Gasteiger partial charge in [-0.05, 0) is 19.9 Å². The van der Waals surface area contributed by atoms with Crippen LogP contribution in [0.1, 0.15) is 17.8 Å². The highest BCUT2D eigenvalue weighted by Crippen LogP contribution is 1.98. The summed E-state index contributed by atoms with van der Waals surface area (Å²) in [5.74, 6) is 0. The average molecular weight is 215 g/mol. The predicted octanol–water partition coefficient (Wildman–Crippen LogP) is -0.133. The molecule has 1 heterocycles. The molecule has 0 radical (unpaired) electrons. The first-order valence-corrected chi connectivity index (χ1v) is 5.02. The van der Waals surface area contributed by atoms with Gasteiger partial charge in [-0.15, -0.1) is 0 Å². The van der Waals surface area contributed by atoms with Crippen molar-refractivity contribution in [2.75, 3.05) is 26.4 Å². The Morgan fingerprint density at radius 2 is 2.27 bits per heavy atom. The second-order valence-corrected chi connectivity index (χ2v) is 3.16.